The second-order valence-corrected chi connectivity index (χ2v) is 6.01. The van der Waals surface area contributed by atoms with E-state index < -0.39 is 0 Å². The molecule has 0 aliphatic rings. The zero-order valence-electron chi connectivity index (χ0n) is 12.0. The number of halogens is 1. The van der Waals surface area contributed by atoms with Crippen molar-refractivity contribution in [3.63, 3.8) is 0 Å². The number of aryl methyl sites for hydroxylation is 2. The van der Waals surface area contributed by atoms with E-state index in [4.69, 9.17) is 16.6 Å². The van der Waals surface area contributed by atoms with Gasteiger partial charge in [0.25, 0.3) is 0 Å². The third-order valence-electron chi connectivity index (χ3n) is 3.44. The van der Waals surface area contributed by atoms with Gasteiger partial charge in [0.2, 0.25) is 0 Å². The van der Waals surface area contributed by atoms with Crippen LogP contribution in [0.15, 0.2) is 0 Å². The summed E-state index contributed by atoms with van der Waals surface area (Å²) in [5, 5.41) is 4.55. The highest BCUT2D eigenvalue weighted by atomic mass is 35.5. The first-order chi connectivity index (χ1) is 9.13. The predicted octanol–water partition coefficient (Wildman–Crippen LogP) is 3.39. The molecule has 0 aliphatic carbocycles. The molecule has 2 aromatic heterocycles. The van der Waals surface area contributed by atoms with Gasteiger partial charge in [-0.25, -0.2) is 4.98 Å². The fraction of sp³-hybridized carbons (Fsp3) is 0.692. The van der Waals surface area contributed by atoms with Crippen molar-refractivity contribution in [2.75, 3.05) is 12.0 Å². The molecule has 19 heavy (non-hydrogen) atoms. The average Bonchev–Trinajstić information content (AvgIpc) is 2.93. The van der Waals surface area contributed by atoms with Crippen molar-refractivity contribution in [3.05, 3.63) is 11.5 Å². The van der Waals surface area contributed by atoms with Gasteiger partial charge in [0.05, 0.1) is 11.6 Å². The van der Waals surface area contributed by atoms with E-state index in [9.17, 15) is 0 Å². The first kappa shape index (κ1) is 14.7. The van der Waals surface area contributed by atoms with Crippen LogP contribution in [0.5, 0.6) is 0 Å². The van der Waals surface area contributed by atoms with Crippen LogP contribution in [-0.2, 0) is 19.3 Å². The molecule has 0 saturated heterocycles. The van der Waals surface area contributed by atoms with Gasteiger partial charge in [0.1, 0.15) is 11.3 Å². The first-order valence-corrected chi connectivity index (χ1v) is 8.54. The molecule has 0 saturated carbocycles. The molecule has 2 rings (SSSR count). The van der Waals surface area contributed by atoms with E-state index in [1.807, 2.05) is 23.5 Å². The summed E-state index contributed by atoms with van der Waals surface area (Å²) < 4.78 is 4.19. The molecule has 0 spiro atoms. The quantitative estimate of drug-likeness (QED) is 0.767. The Bertz CT molecular complexity index is 560. The van der Waals surface area contributed by atoms with Crippen molar-refractivity contribution in [1.82, 2.24) is 19.3 Å². The molecule has 0 aromatic carbocycles. The summed E-state index contributed by atoms with van der Waals surface area (Å²) in [4.78, 5) is 4.69. The van der Waals surface area contributed by atoms with Crippen LogP contribution in [0, 0.1) is 0 Å². The lowest BCUT2D eigenvalue weighted by Gasteiger charge is -2.16. The molecule has 2 heterocycles. The molecule has 4 nitrogen and oxygen atoms in total. The van der Waals surface area contributed by atoms with Gasteiger partial charge in [-0.05, 0) is 31.8 Å². The Morgan fingerprint density at radius 3 is 2.74 bits per heavy atom. The second kappa shape index (κ2) is 6.18. The van der Waals surface area contributed by atoms with Crippen LogP contribution in [0.3, 0.4) is 0 Å². The highest BCUT2D eigenvalue weighted by Gasteiger charge is 2.20. The minimum Gasteiger partial charge on any atom is -0.309 e. The Kier molecular flexibility index (Phi) is 4.79. The van der Waals surface area contributed by atoms with E-state index in [0.29, 0.717) is 11.9 Å². The molecule has 0 aliphatic heterocycles. The lowest BCUT2D eigenvalue weighted by molar-refractivity contribution is 0.521. The lowest BCUT2D eigenvalue weighted by Crippen LogP contribution is -2.12. The van der Waals surface area contributed by atoms with Gasteiger partial charge in [-0.2, -0.15) is 16.9 Å². The summed E-state index contributed by atoms with van der Waals surface area (Å²) in [5.41, 5.74) is 3.16. The molecule has 0 radical (unpaired) electrons. The minimum absolute atomic E-state index is 0.395. The molecule has 0 bridgehead atoms. The van der Waals surface area contributed by atoms with Gasteiger partial charge in [0.15, 0.2) is 5.65 Å². The Balaban J connectivity index is 2.53. The zero-order valence-corrected chi connectivity index (χ0v) is 13.6. The number of hydrogen-bond donors (Lipinski definition) is 0. The smallest absolute Gasteiger partial charge is 0.158 e. The maximum absolute atomic E-state index is 6.07. The van der Waals surface area contributed by atoms with Crippen LogP contribution >= 0.6 is 23.4 Å². The largest absolute Gasteiger partial charge is 0.309 e. The lowest BCUT2D eigenvalue weighted by atomic mass is 10.2. The topological polar surface area (TPSA) is 35.6 Å². The van der Waals surface area contributed by atoms with Crippen LogP contribution in [0.4, 0.5) is 0 Å². The van der Waals surface area contributed by atoms with Crippen molar-refractivity contribution < 1.29 is 0 Å². The summed E-state index contributed by atoms with van der Waals surface area (Å²) in [6.45, 7) is 4.34. The molecule has 6 heteroatoms. The van der Waals surface area contributed by atoms with Gasteiger partial charge in [-0.1, -0.05) is 6.92 Å². The van der Waals surface area contributed by atoms with E-state index in [1.165, 1.54) is 0 Å². The van der Waals surface area contributed by atoms with Gasteiger partial charge in [0, 0.05) is 13.1 Å². The second-order valence-electron chi connectivity index (χ2n) is 4.76. The van der Waals surface area contributed by atoms with Crippen molar-refractivity contribution in [1.29, 1.82) is 0 Å². The van der Waals surface area contributed by atoms with E-state index in [0.717, 1.165) is 41.3 Å². The first-order valence-electron chi connectivity index (χ1n) is 6.61. The number of alkyl halides is 1. The van der Waals surface area contributed by atoms with Crippen LogP contribution in [0.25, 0.3) is 11.2 Å². The monoisotopic (exact) mass is 300 g/mol. The van der Waals surface area contributed by atoms with Crippen LogP contribution in [0.1, 0.15) is 37.8 Å². The Morgan fingerprint density at radius 1 is 1.42 bits per heavy atom. The third-order valence-corrected chi connectivity index (χ3v) is 4.33. The zero-order chi connectivity index (χ0) is 14.0. The van der Waals surface area contributed by atoms with Crippen LogP contribution < -0.4 is 0 Å². The molecule has 106 valence electrons. The Hall–Kier alpha value is -0.680. The molecule has 0 amide bonds. The number of hydrogen-bond acceptors (Lipinski definition) is 3. The number of aromatic nitrogens is 4. The number of nitrogens with zero attached hydrogens (tertiary/aromatic N) is 4. The molecular weight excluding hydrogens is 280 g/mol. The summed E-state index contributed by atoms with van der Waals surface area (Å²) in [5.74, 6) is 2.54. The highest BCUT2D eigenvalue weighted by Crippen LogP contribution is 2.26. The normalized spacial score (nSPS) is 13.3. The summed E-state index contributed by atoms with van der Waals surface area (Å²) in [7, 11) is 1.99. The van der Waals surface area contributed by atoms with Crippen molar-refractivity contribution in [3.8, 4) is 0 Å². The molecule has 2 aromatic rings. The fourth-order valence-electron chi connectivity index (χ4n) is 2.46. The molecular formula is C13H21ClN4S. The fourth-order valence-corrected chi connectivity index (χ4v) is 3.23. The van der Waals surface area contributed by atoms with Gasteiger partial charge < -0.3 is 4.57 Å². The standard InChI is InChI=1S/C13H21ClN4S/c1-5-10-12-13(17(3)16-10)18(11(8-14)15-12)9(2)6-7-19-4/h9H,5-8H2,1-4H3. The molecule has 1 unspecified atom stereocenters. The number of thioether (sulfide) groups is 1. The summed E-state index contributed by atoms with van der Waals surface area (Å²) in [6, 6.07) is 0.395. The van der Waals surface area contributed by atoms with Crippen LogP contribution in [-0.4, -0.2) is 31.3 Å². The number of fused-ring (bicyclic) bond motifs is 1. The SMILES string of the molecule is CCc1nn(C)c2c1nc(CCl)n2C(C)CCSC. The minimum atomic E-state index is 0.395. The average molecular weight is 301 g/mol. The number of rotatable bonds is 6. The summed E-state index contributed by atoms with van der Waals surface area (Å²) in [6.07, 6.45) is 4.15. The summed E-state index contributed by atoms with van der Waals surface area (Å²) >= 11 is 7.94. The van der Waals surface area contributed by atoms with Crippen molar-refractivity contribution >= 4 is 34.5 Å². The van der Waals surface area contributed by atoms with Gasteiger partial charge >= 0.3 is 0 Å². The van der Waals surface area contributed by atoms with Gasteiger partial charge in [-0.15, -0.1) is 11.6 Å². The highest BCUT2D eigenvalue weighted by molar-refractivity contribution is 7.98. The maximum Gasteiger partial charge on any atom is 0.158 e. The molecule has 0 N–H and O–H groups in total. The molecule has 0 fully saturated rings. The van der Waals surface area contributed by atoms with E-state index >= 15 is 0 Å². The molecule has 1 atom stereocenters. The maximum atomic E-state index is 6.07. The number of imidazole rings is 1. The Labute approximate surface area is 123 Å². The van der Waals surface area contributed by atoms with E-state index in [1.54, 1.807) is 0 Å². The van der Waals surface area contributed by atoms with Crippen molar-refractivity contribution in [2.45, 2.75) is 38.6 Å². The third kappa shape index (κ3) is 2.63. The van der Waals surface area contributed by atoms with Crippen molar-refractivity contribution in [2.24, 2.45) is 7.05 Å². The van der Waals surface area contributed by atoms with E-state index in [2.05, 4.69) is 29.8 Å². The van der Waals surface area contributed by atoms with Gasteiger partial charge in [-0.3, -0.25) is 4.68 Å². The van der Waals surface area contributed by atoms with Crippen LogP contribution in [0.2, 0.25) is 0 Å². The Morgan fingerprint density at radius 2 is 2.16 bits per heavy atom. The van der Waals surface area contributed by atoms with E-state index in [-0.39, 0.29) is 0 Å². The predicted molar refractivity (Wildman–Crippen MR) is 83.1 cm³/mol.